The van der Waals surface area contributed by atoms with E-state index in [2.05, 4.69) is 5.32 Å². The highest BCUT2D eigenvalue weighted by Crippen LogP contribution is 2.16. The first kappa shape index (κ1) is 15.4. The number of aromatic nitrogens is 1. The fraction of sp³-hybridized carbons (Fsp3) is 0.600. The summed E-state index contributed by atoms with van der Waals surface area (Å²) in [4.78, 5) is 26.9. The second-order valence-electron chi connectivity index (χ2n) is 5.62. The largest absolute Gasteiger partial charge is 0.381 e. The number of amides is 2. The van der Waals surface area contributed by atoms with E-state index in [4.69, 9.17) is 0 Å². The molecular weight excluding hydrogens is 268 g/mol. The van der Waals surface area contributed by atoms with Gasteiger partial charge in [-0.3, -0.25) is 4.79 Å². The number of likely N-dealkylation sites (tertiary alicyclic amines) is 1. The molecule has 0 saturated carbocycles. The van der Waals surface area contributed by atoms with Gasteiger partial charge >= 0.3 is 6.03 Å². The molecule has 21 heavy (non-hydrogen) atoms. The molecule has 0 bridgehead atoms. The predicted octanol–water partition coefficient (Wildman–Crippen LogP) is 1.43. The lowest BCUT2D eigenvalue weighted by molar-refractivity contribution is 0.158. The van der Waals surface area contributed by atoms with Gasteiger partial charge in [-0.05, 0) is 25.8 Å². The summed E-state index contributed by atoms with van der Waals surface area (Å²) in [6.07, 6.45) is 3.70. The number of aryl methyl sites for hydroxylation is 1. The zero-order valence-electron chi connectivity index (χ0n) is 13.0. The van der Waals surface area contributed by atoms with E-state index in [0.717, 1.165) is 31.6 Å². The number of hydrogen-bond donors (Lipinski definition) is 1. The Balaban J connectivity index is 1.92. The molecule has 2 amide bonds. The number of nitrogens with zero attached hydrogens (tertiary/aromatic N) is 3. The third-order valence-electron chi connectivity index (χ3n) is 3.84. The highest BCUT2D eigenvalue weighted by Gasteiger charge is 2.23. The molecule has 2 heterocycles. The van der Waals surface area contributed by atoms with E-state index < -0.39 is 0 Å². The lowest BCUT2D eigenvalue weighted by Gasteiger charge is -2.34. The minimum atomic E-state index is 0.0226. The van der Waals surface area contributed by atoms with Gasteiger partial charge in [0, 0.05) is 52.0 Å². The minimum Gasteiger partial charge on any atom is -0.381 e. The second kappa shape index (κ2) is 6.65. The van der Waals surface area contributed by atoms with Gasteiger partial charge in [0.25, 0.3) is 5.56 Å². The van der Waals surface area contributed by atoms with E-state index in [1.54, 1.807) is 29.6 Å². The van der Waals surface area contributed by atoms with Gasteiger partial charge in [-0.15, -0.1) is 0 Å². The fourth-order valence-corrected chi connectivity index (χ4v) is 2.60. The molecule has 0 spiro atoms. The van der Waals surface area contributed by atoms with Gasteiger partial charge in [0.1, 0.15) is 0 Å². The van der Waals surface area contributed by atoms with Crippen LogP contribution in [-0.2, 0) is 6.54 Å². The Morgan fingerprint density at radius 2 is 2.00 bits per heavy atom. The lowest BCUT2D eigenvalue weighted by atomic mass is 10.1. The van der Waals surface area contributed by atoms with E-state index in [-0.39, 0.29) is 11.6 Å². The lowest BCUT2D eigenvalue weighted by Crippen LogP contribution is -2.46. The van der Waals surface area contributed by atoms with Crippen molar-refractivity contribution in [3.63, 3.8) is 0 Å². The average molecular weight is 292 g/mol. The van der Waals surface area contributed by atoms with E-state index in [9.17, 15) is 9.59 Å². The normalized spacial score (nSPS) is 15.9. The first-order valence-electron chi connectivity index (χ1n) is 7.44. The molecule has 1 aliphatic heterocycles. The number of rotatable bonds is 3. The van der Waals surface area contributed by atoms with Crippen molar-refractivity contribution in [2.75, 3.05) is 32.5 Å². The van der Waals surface area contributed by atoms with Crippen molar-refractivity contribution in [3.8, 4) is 0 Å². The molecule has 0 atom stereocenters. The summed E-state index contributed by atoms with van der Waals surface area (Å²) in [6, 6.07) is 3.84. The third-order valence-corrected chi connectivity index (χ3v) is 3.84. The average Bonchev–Trinajstić information content (AvgIpc) is 2.49. The third kappa shape index (κ3) is 3.77. The first-order chi connectivity index (χ1) is 10.0. The maximum Gasteiger partial charge on any atom is 0.319 e. The molecule has 0 aliphatic carbocycles. The van der Waals surface area contributed by atoms with Crippen molar-refractivity contribution in [2.45, 2.75) is 32.4 Å². The molecule has 1 aliphatic rings. The van der Waals surface area contributed by atoms with Crippen LogP contribution in [-0.4, -0.2) is 53.6 Å². The van der Waals surface area contributed by atoms with E-state index in [1.807, 2.05) is 24.1 Å². The molecule has 1 saturated heterocycles. The minimum absolute atomic E-state index is 0.0226. The number of carbonyl (C=O) groups is 1. The molecule has 6 heteroatoms. The Morgan fingerprint density at radius 1 is 1.33 bits per heavy atom. The number of carbonyl (C=O) groups excluding carboxylic acids is 1. The highest BCUT2D eigenvalue weighted by molar-refractivity contribution is 5.73. The quantitative estimate of drug-likeness (QED) is 0.917. The van der Waals surface area contributed by atoms with Gasteiger partial charge in [0.2, 0.25) is 0 Å². The van der Waals surface area contributed by atoms with Crippen LogP contribution < -0.4 is 10.9 Å². The van der Waals surface area contributed by atoms with E-state index in [0.29, 0.717) is 12.6 Å². The highest BCUT2D eigenvalue weighted by atomic mass is 16.2. The summed E-state index contributed by atoms with van der Waals surface area (Å²) in [5.41, 5.74) is 0.989. The van der Waals surface area contributed by atoms with Crippen LogP contribution in [0.1, 0.15) is 19.8 Å². The van der Waals surface area contributed by atoms with Crippen LogP contribution >= 0.6 is 0 Å². The van der Waals surface area contributed by atoms with Gasteiger partial charge in [-0.2, -0.15) is 0 Å². The smallest absolute Gasteiger partial charge is 0.319 e. The van der Waals surface area contributed by atoms with Crippen molar-refractivity contribution in [2.24, 2.45) is 0 Å². The number of nitrogens with one attached hydrogen (secondary N) is 1. The molecule has 1 aromatic heterocycles. The number of hydrogen-bond acceptors (Lipinski definition) is 3. The molecule has 116 valence electrons. The van der Waals surface area contributed by atoms with Crippen LogP contribution in [0, 0.1) is 0 Å². The second-order valence-corrected chi connectivity index (χ2v) is 5.62. The Labute approximate surface area is 125 Å². The molecular formula is C15H24N4O2. The monoisotopic (exact) mass is 292 g/mol. The zero-order chi connectivity index (χ0) is 15.4. The molecule has 1 aromatic rings. The zero-order valence-corrected chi connectivity index (χ0v) is 13.0. The topological polar surface area (TPSA) is 57.6 Å². The maximum absolute atomic E-state index is 11.9. The van der Waals surface area contributed by atoms with Crippen LogP contribution in [0.25, 0.3) is 0 Å². The summed E-state index contributed by atoms with van der Waals surface area (Å²) >= 11 is 0. The van der Waals surface area contributed by atoms with Crippen molar-refractivity contribution in [1.82, 2.24) is 14.4 Å². The van der Waals surface area contributed by atoms with Gasteiger partial charge in [0.05, 0.1) is 5.69 Å². The van der Waals surface area contributed by atoms with Gasteiger partial charge in [0.15, 0.2) is 0 Å². The summed E-state index contributed by atoms with van der Waals surface area (Å²) in [5, 5.41) is 3.46. The Bertz CT molecular complexity index is 545. The van der Waals surface area contributed by atoms with E-state index >= 15 is 0 Å². The van der Waals surface area contributed by atoms with Crippen LogP contribution in [0.2, 0.25) is 0 Å². The molecule has 2 rings (SSSR count). The Morgan fingerprint density at radius 3 is 2.57 bits per heavy atom. The number of pyridine rings is 1. The summed E-state index contributed by atoms with van der Waals surface area (Å²) in [7, 11) is 3.56. The van der Waals surface area contributed by atoms with Gasteiger partial charge in [-0.1, -0.05) is 0 Å². The van der Waals surface area contributed by atoms with Gasteiger partial charge in [-0.25, -0.2) is 4.79 Å². The van der Waals surface area contributed by atoms with Crippen LogP contribution in [0.5, 0.6) is 0 Å². The predicted molar refractivity (Wildman–Crippen MR) is 83.7 cm³/mol. The van der Waals surface area contributed by atoms with Crippen LogP contribution in [0.3, 0.4) is 0 Å². The van der Waals surface area contributed by atoms with Crippen LogP contribution in [0.15, 0.2) is 23.1 Å². The van der Waals surface area contributed by atoms with Crippen molar-refractivity contribution >= 4 is 11.7 Å². The standard InChI is InChI=1S/C15H24N4O2/c1-4-18-11-13(5-6-14(18)20)16-12-7-9-19(10-8-12)15(21)17(2)3/h5-6,11-12,16H,4,7-10H2,1-3H3. The molecule has 1 N–H and O–H groups in total. The number of piperidine rings is 1. The Hall–Kier alpha value is -1.98. The Kier molecular flexibility index (Phi) is 4.88. The molecule has 6 nitrogen and oxygen atoms in total. The van der Waals surface area contributed by atoms with Crippen molar-refractivity contribution in [3.05, 3.63) is 28.7 Å². The van der Waals surface area contributed by atoms with Crippen molar-refractivity contribution < 1.29 is 4.79 Å². The molecule has 0 unspecified atom stereocenters. The molecule has 0 radical (unpaired) electrons. The summed E-state index contributed by atoms with van der Waals surface area (Å²) < 4.78 is 1.69. The van der Waals surface area contributed by atoms with E-state index in [1.165, 1.54) is 0 Å². The summed E-state index contributed by atoms with van der Waals surface area (Å²) in [6.45, 7) is 4.16. The number of urea groups is 1. The fourth-order valence-electron chi connectivity index (χ4n) is 2.60. The first-order valence-corrected chi connectivity index (χ1v) is 7.44. The summed E-state index contributed by atoms with van der Waals surface area (Å²) in [5.74, 6) is 0. The van der Waals surface area contributed by atoms with Crippen molar-refractivity contribution in [1.29, 1.82) is 0 Å². The maximum atomic E-state index is 11.9. The molecule has 1 fully saturated rings. The number of anilines is 1. The van der Waals surface area contributed by atoms with Gasteiger partial charge < -0.3 is 19.7 Å². The van der Waals surface area contributed by atoms with Crippen LogP contribution in [0.4, 0.5) is 10.5 Å². The SMILES string of the molecule is CCn1cc(NC2CCN(C(=O)N(C)C)CC2)ccc1=O. The molecule has 0 aromatic carbocycles.